The van der Waals surface area contributed by atoms with Crippen molar-refractivity contribution in [1.29, 1.82) is 0 Å². The summed E-state index contributed by atoms with van der Waals surface area (Å²) in [5, 5.41) is 10.7. The van der Waals surface area contributed by atoms with Gasteiger partial charge in [0.25, 0.3) is 11.6 Å². The first kappa shape index (κ1) is 19.2. The third-order valence-corrected chi connectivity index (χ3v) is 5.29. The standard InChI is InChI=1S/C21H23N3O5/c25-21(15-29-19-4-2-18(3-5-19)24(26)27)23-10-8-22(9-11-23)14-16-1-6-20-17(13-16)7-12-28-20/h1-6,13H,7-12,14-15H2. The third-order valence-electron chi connectivity index (χ3n) is 5.29. The summed E-state index contributed by atoms with van der Waals surface area (Å²) >= 11 is 0. The molecule has 2 aromatic rings. The van der Waals surface area contributed by atoms with E-state index in [0.717, 1.165) is 38.4 Å². The fourth-order valence-electron chi connectivity index (χ4n) is 3.65. The molecule has 4 rings (SSSR count). The van der Waals surface area contributed by atoms with Crippen LogP contribution in [0.2, 0.25) is 0 Å². The van der Waals surface area contributed by atoms with Crippen LogP contribution in [0, 0.1) is 10.1 Å². The number of ether oxygens (including phenoxy) is 2. The Morgan fingerprint density at radius 3 is 2.59 bits per heavy atom. The highest BCUT2D eigenvalue weighted by Gasteiger charge is 2.22. The number of benzene rings is 2. The molecule has 152 valence electrons. The van der Waals surface area contributed by atoms with Crippen molar-refractivity contribution in [3.63, 3.8) is 0 Å². The Hall–Kier alpha value is -3.13. The van der Waals surface area contributed by atoms with Crippen LogP contribution in [-0.4, -0.2) is 60.0 Å². The van der Waals surface area contributed by atoms with Gasteiger partial charge >= 0.3 is 0 Å². The number of carbonyl (C=O) groups excluding carboxylic acids is 1. The maximum Gasteiger partial charge on any atom is 0.269 e. The molecule has 8 heteroatoms. The van der Waals surface area contributed by atoms with E-state index in [1.54, 1.807) is 4.90 Å². The predicted molar refractivity (Wildman–Crippen MR) is 106 cm³/mol. The van der Waals surface area contributed by atoms with E-state index >= 15 is 0 Å². The zero-order valence-electron chi connectivity index (χ0n) is 16.1. The first-order valence-electron chi connectivity index (χ1n) is 9.70. The van der Waals surface area contributed by atoms with E-state index in [-0.39, 0.29) is 18.2 Å². The summed E-state index contributed by atoms with van der Waals surface area (Å²) < 4.78 is 11.0. The first-order chi connectivity index (χ1) is 14.1. The second-order valence-corrected chi connectivity index (χ2v) is 7.24. The van der Waals surface area contributed by atoms with Gasteiger partial charge in [0.05, 0.1) is 11.5 Å². The molecule has 8 nitrogen and oxygen atoms in total. The van der Waals surface area contributed by atoms with E-state index in [2.05, 4.69) is 17.0 Å². The fraction of sp³-hybridized carbons (Fsp3) is 0.381. The van der Waals surface area contributed by atoms with E-state index in [1.165, 1.54) is 35.4 Å². The lowest BCUT2D eigenvalue weighted by Gasteiger charge is -2.34. The number of nitro groups is 1. The van der Waals surface area contributed by atoms with Crippen molar-refractivity contribution in [2.24, 2.45) is 0 Å². The van der Waals surface area contributed by atoms with E-state index in [4.69, 9.17) is 9.47 Å². The van der Waals surface area contributed by atoms with Gasteiger partial charge in [-0.2, -0.15) is 0 Å². The van der Waals surface area contributed by atoms with Gasteiger partial charge in [0.15, 0.2) is 6.61 Å². The summed E-state index contributed by atoms with van der Waals surface area (Å²) in [5.74, 6) is 1.37. The van der Waals surface area contributed by atoms with Crippen LogP contribution in [0.1, 0.15) is 11.1 Å². The van der Waals surface area contributed by atoms with Crippen molar-refractivity contribution in [2.45, 2.75) is 13.0 Å². The molecule has 2 aliphatic heterocycles. The SMILES string of the molecule is O=C(COc1ccc([N+](=O)[O-])cc1)N1CCN(Cc2ccc3c(c2)CCO3)CC1. The lowest BCUT2D eigenvalue weighted by molar-refractivity contribution is -0.384. The minimum absolute atomic E-state index is 0.00399. The Morgan fingerprint density at radius 2 is 1.86 bits per heavy atom. The lowest BCUT2D eigenvalue weighted by atomic mass is 10.1. The summed E-state index contributed by atoms with van der Waals surface area (Å²) in [6.07, 6.45) is 0.972. The number of hydrogen-bond donors (Lipinski definition) is 0. The number of hydrogen-bond acceptors (Lipinski definition) is 6. The largest absolute Gasteiger partial charge is 0.493 e. The predicted octanol–water partition coefficient (Wildman–Crippen LogP) is 2.25. The number of nitro benzene ring substituents is 1. The molecule has 2 aliphatic rings. The van der Waals surface area contributed by atoms with Crippen molar-refractivity contribution >= 4 is 11.6 Å². The van der Waals surface area contributed by atoms with Crippen LogP contribution in [0.4, 0.5) is 5.69 Å². The molecule has 1 saturated heterocycles. The number of piperazine rings is 1. The van der Waals surface area contributed by atoms with Crippen molar-refractivity contribution in [1.82, 2.24) is 9.80 Å². The van der Waals surface area contributed by atoms with Gasteiger partial charge in [-0.05, 0) is 29.3 Å². The Kier molecular flexibility index (Phi) is 5.62. The molecule has 0 bridgehead atoms. The highest BCUT2D eigenvalue weighted by Crippen LogP contribution is 2.26. The lowest BCUT2D eigenvalue weighted by Crippen LogP contribution is -2.49. The molecular weight excluding hydrogens is 374 g/mol. The second kappa shape index (κ2) is 8.48. The Balaban J connectivity index is 1.22. The van der Waals surface area contributed by atoms with Gasteiger partial charge in [-0.25, -0.2) is 0 Å². The van der Waals surface area contributed by atoms with Crippen molar-refractivity contribution < 1.29 is 19.2 Å². The minimum Gasteiger partial charge on any atom is -0.493 e. The molecule has 29 heavy (non-hydrogen) atoms. The number of carbonyl (C=O) groups is 1. The number of amides is 1. The summed E-state index contributed by atoms with van der Waals surface area (Å²) in [4.78, 5) is 26.8. The number of nitrogens with zero attached hydrogens (tertiary/aromatic N) is 3. The smallest absolute Gasteiger partial charge is 0.269 e. The minimum atomic E-state index is -0.467. The Labute approximate surface area is 168 Å². The first-order valence-corrected chi connectivity index (χ1v) is 9.70. The average Bonchev–Trinajstić information content (AvgIpc) is 3.21. The summed E-state index contributed by atoms with van der Waals surface area (Å²) in [6, 6.07) is 12.1. The highest BCUT2D eigenvalue weighted by molar-refractivity contribution is 5.77. The molecule has 0 aromatic heterocycles. The van der Waals surface area contributed by atoms with Crippen LogP contribution in [-0.2, 0) is 17.8 Å². The number of fused-ring (bicyclic) bond motifs is 1. The normalized spacial score (nSPS) is 16.2. The molecule has 1 amide bonds. The van der Waals surface area contributed by atoms with Crippen LogP contribution in [0.5, 0.6) is 11.5 Å². The Morgan fingerprint density at radius 1 is 1.10 bits per heavy atom. The molecule has 0 saturated carbocycles. The van der Waals surface area contributed by atoms with Gasteiger partial charge in [0.1, 0.15) is 11.5 Å². The number of rotatable bonds is 6. The van der Waals surface area contributed by atoms with Crippen molar-refractivity contribution in [3.8, 4) is 11.5 Å². The van der Waals surface area contributed by atoms with Gasteiger partial charge in [-0.15, -0.1) is 0 Å². The summed E-state index contributed by atoms with van der Waals surface area (Å²) in [5.41, 5.74) is 2.55. The topological polar surface area (TPSA) is 85.1 Å². The van der Waals surface area contributed by atoms with Crippen LogP contribution >= 0.6 is 0 Å². The van der Waals surface area contributed by atoms with Crippen LogP contribution in [0.3, 0.4) is 0 Å². The molecule has 0 atom stereocenters. The van der Waals surface area contributed by atoms with Crippen LogP contribution in [0.15, 0.2) is 42.5 Å². The van der Waals surface area contributed by atoms with Gasteiger partial charge in [-0.3, -0.25) is 19.8 Å². The van der Waals surface area contributed by atoms with Gasteiger partial charge in [0, 0.05) is 51.3 Å². The molecule has 2 heterocycles. The maximum absolute atomic E-state index is 12.4. The molecule has 1 fully saturated rings. The molecule has 0 aliphatic carbocycles. The molecule has 0 radical (unpaired) electrons. The maximum atomic E-state index is 12.4. The van der Waals surface area contributed by atoms with E-state index in [1.807, 2.05) is 6.07 Å². The van der Waals surface area contributed by atoms with E-state index < -0.39 is 4.92 Å². The zero-order chi connectivity index (χ0) is 20.2. The van der Waals surface area contributed by atoms with Crippen molar-refractivity contribution in [2.75, 3.05) is 39.4 Å². The number of non-ortho nitro benzene ring substituents is 1. The van der Waals surface area contributed by atoms with Gasteiger partial charge in [0.2, 0.25) is 0 Å². The second-order valence-electron chi connectivity index (χ2n) is 7.24. The monoisotopic (exact) mass is 397 g/mol. The summed E-state index contributed by atoms with van der Waals surface area (Å²) in [7, 11) is 0. The quantitative estimate of drug-likeness (QED) is 0.549. The van der Waals surface area contributed by atoms with Crippen LogP contribution < -0.4 is 9.47 Å². The average molecular weight is 397 g/mol. The fourth-order valence-corrected chi connectivity index (χ4v) is 3.65. The van der Waals surface area contributed by atoms with E-state index in [9.17, 15) is 14.9 Å². The van der Waals surface area contributed by atoms with Gasteiger partial charge in [-0.1, -0.05) is 12.1 Å². The van der Waals surface area contributed by atoms with Crippen LogP contribution in [0.25, 0.3) is 0 Å². The van der Waals surface area contributed by atoms with Gasteiger partial charge < -0.3 is 14.4 Å². The molecule has 0 N–H and O–H groups in total. The molecule has 0 spiro atoms. The van der Waals surface area contributed by atoms with E-state index in [0.29, 0.717) is 18.8 Å². The molecular formula is C21H23N3O5. The third kappa shape index (κ3) is 4.65. The zero-order valence-corrected chi connectivity index (χ0v) is 16.1. The summed E-state index contributed by atoms with van der Waals surface area (Å²) in [6.45, 7) is 4.53. The molecule has 2 aromatic carbocycles. The highest BCUT2D eigenvalue weighted by atomic mass is 16.6. The Bertz CT molecular complexity index is 892. The van der Waals surface area contributed by atoms with Crippen molar-refractivity contribution in [3.05, 3.63) is 63.7 Å². The molecule has 0 unspecified atom stereocenters.